The highest BCUT2D eigenvalue weighted by Gasteiger charge is 2.20. The lowest BCUT2D eigenvalue weighted by atomic mass is 10.0. The van der Waals surface area contributed by atoms with Crippen LogP contribution in [-0.4, -0.2) is 43.0 Å². The van der Waals surface area contributed by atoms with E-state index in [1.54, 1.807) is 11.3 Å². The number of anilines is 1. The third-order valence-corrected chi connectivity index (χ3v) is 6.02. The quantitative estimate of drug-likeness (QED) is 0.579. The van der Waals surface area contributed by atoms with Crippen LogP contribution in [0.4, 0.5) is 5.13 Å². The van der Waals surface area contributed by atoms with Crippen LogP contribution in [0.5, 0.6) is 0 Å². The van der Waals surface area contributed by atoms with Crippen LogP contribution in [0.15, 0.2) is 36.4 Å². The van der Waals surface area contributed by atoms with E-state index >= 15 is 0 Å². The highest BCUT2D eigenvalue weighted by molar-refractivity contribution is 7.22. The average Bonchev–Trinajstić information content (AvgIpc) is 3.04. The second-order valence-corrected chi connectivity index (χ2v) is 8.77. The predicted molar refractivity (Wildman–Crippen MR) is 120 cm³/mol. The number of carbonyl (C=O) groups is 1. The summed E-state index contributed by atoms with van der Waals surface area (Å²) in [6.07, 6.45) is 1.32. The monoisotopic (exact) mass is 395 g/mol. The van der Waals surface area contributed by atoms with Crippen LogP contribution < -0.4 is 4.90 Å². The Labute approximate surface area is 171 Å². The largest absolute Gasteiger partial charge is 0.309 e. The van der Waals surface area contributed by atoms with Crippen LogP contribution in [0.1, 0.15) is 28.7 Å². The number of nitrogens with zero attached hydrogens (tertiary/aromatic N) is 3. The molecule has 0 bridgehead atoms. The van der Waals surface area contributed by atoms with Crippen LogP contribution in [-0.2, 0) is 11.2 Å². The fraction of sp³-hybridized carbons (Fsp3) is 0.391. The number of aryl methyl sites for hydroxylation is 3. The average molecular weight is 396 g/mol. The van der Waals surface area contributed by atoms with Gasteiger partial charge in [0.15, 0.2) is 5.13 Å². The van der Waals surface area contributed by atoms with Gasteiger partial charge >= 0.3 is 0 Å². The molecule has 1 amide bonds. The van der Waals surface area contributed by atoms with E-state index in [1.807, 2.05) is 11.0 Å². The number of carbonyl (C=O) groups excluding carboxylic acids is 1. The molecule has 0 N–H and O–H groups in total. The fourth-order valence-electron chi connectivity index (χ4n) is 3.19. The van der Waals surface area contributed by atoms with Gasteiger partial charge in [0.1, 0.15) is 0 Å². The highest BCUT2D eigenvalue weighted by atomic mass is 32.1. The molecule has 0 saturated carbocycles. The van der Waals surface area contributed by atoms with Crippen LogP contribution >= 0.6 is 11.3 Å². The third-order valence-electron chi connectivity index (χ3n) is 4.98. The minimum atomic E-state index is 0.109. The van der Waals surface area contributed by atoms with Crippen molar-refractivity contribution in [1.29, 1.82) is 0 Å². The van der Waals surface area contributed by atoms with Gasteiger partial charge in [0.05, 0.1) is 16.6 Å². The van der Waals surface area contributed by atoms with Crippen molar-refractivity contribution in [2.45, 2.75) is 33.6 Å². The molecule has 3 aromatic rings. The van der Waals surface area contributed by atoms with Gasteiger partial charge in [-0.3, -0.25) is 9.69 Å². The minimum Gasteiger partial charge on any atom is -0.309 e. The van der Waals surface area contributed by atoms with Crippen LogP contribution in [0.25, 0.3) is 10.2 Å². The molecule has 0 atom stereocenters. The van der Waals surface area contributed by atoms with E-state index in [0.29, 0.717) is 13.0 Å². The second-order valence-electron chi connectivity index (χ2n) is 7.77. The van der Waals surface area contributed by atoms with E-state index in [0.717, 1.165) is 33.9 Å². The Morgan fingerprint density at radius 3 is 2.50 bits per heavy atom. The Morgan fingerprint density at radius 1 is 1.00 bits per heavy atom. The zero-order chi connectivity index (χ0) is 20.3. The van der Waals surface area contributed by atoms with Gasteiger partial charge in [-0.1, -0.05) is 35.6 Å². The van der Waals surface area contributed by atoms with Crippen molar-refractivity contribution in [2.75, 3.05) is 32.1 Å². The molecule has 0 unspecified atom stereocenters. The standard InChI is InChI=1S/C23H29N3OS/c1-16-7-10-20-21(13-16)28-23(24-20)26(12-6-11-25(4)5)22(27)15-19-9-8-17(2)18(3)14-19/h7-10,13-14H,6,11-12,15H2,1-5H3. The first-order valence-corrected chi connectivity index (χ1v) is 10.5. The normalized spacial score (nSPS) is 11.4. The van der Waals surface area contributed by atoms with Gasteiger partial charge in [0.2, 0.25) is 5.91 Å². The maximum atomic E-state index is 13.2. The number of fused-ring (bicyclic) bond motifs is 1. The molecule has 3 rings (SSSR count). The van der Waals surface area contributed by atoms with E-state index in [-0.39, 0.29) is 5.91 Å². The van der Waals surface area contributed by atoms with Crippen LogP contribution in [0, 0.1) is 20.8 Å². The lowest BCUT2D eigenvalue weighted by Crippen LogP contribution is -2.34. The Bertz CT molecular complexity index is 977. The van der Waals surface area contributed by atoms with Crippen molar-refractivity contribution in [1.82, 2.24) is 9.88 Å². The summed E-state index contributed by atoms with van der Waals surface area (Å²) in [7, 11) is 4.11. The van der Waals surface area contributed by atoms with Crippen molar-refractivity contribution in [3.8, 4) is 0 Å². The SMILES string of the molecule is Cc1ccc2nc(N(CCCN(C)C)C(=O)Cc3ccc(C)c(C)c3)sc2c1. The summed E-state index contributed by atoms with van der Waals surface area (Å²) in [6.45, 7) is 7.89. The number of amides is 1. The summed E-state index contributed by atoms with van der Waals surface area (Å²) in [5.41, 5.74) is 5.70. The van der Waals surface area contributed by atoms with Gasteiger partial charge in [-0.25, -0.2) is 4.98 Å². The number of thiazole rings is 1. The van der Waals surface area contributed by atoms with E-state index in [4.69, 9.17) is 4.98 Å². The first-order valence-electron chi connectivity index (χ1n) is 9.72. The van der Waals surface area contributed by atoms with E-state index in [1.165, 1.54) is 16.7 Å². The lowest BCUT2D eigenvalue weighted by Gasteiger charge is -2.21. The predicted octanol–water partition coefficient (Wildman–Crippen LogP) is 4.75. The smallest absolute Gasteiger partial charge is 0.233 e. The summed E-state index contributed by atoms with van der Waals surface area (Å²) in [5.74, 6) is 0.109. The molecule has 0 aliphatic rings. The van der Waals surface area contributed by atoms with Crippen LogP contribution in [0.2, 0.25) is 0 Å². The summed E-state index contributed by atoms with van der Waals surface area (Å²) in [6, 6.07) is 12.5. The summed E-state index contributed by atoms with van der Waals surface area (Å²) in [4.78, 5) is 22.0. The Kier molecular flexibility index (Phi) is 6.47. The zero-order valence-electron chi connectivity index (χ0n) is 17.5. The molecule has 0 fully saturated rings. The Balaban J connectivity index is 1.85. The molecular weight excluding hydrogens is 366 g/mol. The minimum absolute atomic E-state index is 0.109. The molecule has 0 radical (unpaired) electrons. The molecule has 4 nitrogen and oxygen atoms in total. The van der Waals surface area contributed by atoms with Crippen molar-refractivity contribution in [2.24, 2.45) is 0 Å². The first-order chi connectivity index (χ1) is 13.3. The highest BCUT2D eigenvalue weighted by Crippen LogP contribution is 2.30. The number of hydrogen-bond acceptors (Lipinski definition) is 4. The summed E-state index contributed by atoms with van der Waals surface area (Å²) >= 11 is 1.60. The van der Waals surface area contributed by atoms with Crippen molar-refractivity contribution in [3.63, 3.8) is 0 Å². The Morgan fingerprint density at radius 2 is 1.79 bits per heavy atom. The maximum absolute atomic E-state index is 13.2. The molecule has 1 heterocycles. The molecule has 0 spiro atoms. The molecule has 2 aromatic carbocycles. The van der Waals surface area contributed by atoms with E-state index in [2.05, 4.69) is 70.1 Å². The molecule has 5 heteroatoms. The molecule has 0 aliphatic carbocycles. The van der Waals surface area contributed by atoms with Crippen LogP contribution in [0.3, 0.4) is 0 Å². The number of aromatic nitrogens is 1. The molecule has 28 heavy (non-hydrogen) atoms. The summed E-state index contributed by atoms with van der Waals surface area (Å²) < 4.78 is 1.13. The third kappa shape index (κ3) is 4.97. The van der Waals surface area contributed by atoms with Crippen molar-refractivity contribution in [3.05, 3.63) is 58.7 Å². The molecule has 0 saturated heterocycles. The van der Waals surface area contributed by atoms with Crippen molar-refractivity contribution >= 4 is 32.6 Å². The van der Waals surface area contributed by atoms with E-state index < -0.39 is 0 Å². The lowest BCUT2D eigenvalue weighted by molar-refractivity contribution is -0.118. The molecule has 1 aromatic heterocycles. The van der Waals surface area contributed by atoms with Gasteiger partial charge in [0.25, 0.3) is 0 Å². The fourth-order valence-corrected chi connectivity index (χ4v) is 4.30. The Hall–Kier alpha value is -2.24. The molecular formula is C23H29N3OS. The molecule has 0 aliphatic heterocycles. The topological polar surface area (TPSA) is 36.4 Å². The summed E-state index contributed by atoms with van der Waals surface area (Å²) in [5, 5.41) is 0.799. The second kappa shape index (κ2) is 8.84. The number of benzene rings is 2. The number of hydrogen-bond donors (Lipinski definition) is 0. The number of rotatable bonds is 7. The maximum Gasteiger partial charge on any atom is 0.233 e. The van der Waals surface area contributed by atoms with Crippen molar-refractivity contribution < 1.29 is 4.79 Å². The first kappa shape index (κ1) is 20.5. The van der Waals surface area contributed by atoms with Gasteiger partial charge in [-0.05, 0) is 82.2 Å². The molecule has 148 valence electrons. The van der Waals surface area contributed by atoms with Gasteiger partial charge in [-0.15, -0.1) is 0 Å². The van der Waals surface area contributed by atoms with Gasteiger partial charge in [0, 0.05) is 6.54 Å². The van der Waals surface area contributed by atoms with E-state index in [9.17, 15) is 4.79 Å². The van der Waals surface area contributed by atoms with Gasteiger partial charge in [-0.2, -0.15) is 0 Å². The zero-order valence-corrected chi connectivity index (χ0v) is 18.3. The van der Waals surface area contributed by atoms with Gasteiger partial charge < -0.3 is 4.90 Å².